The van der Waals surface area contributed by atoms with Gasteiger partial charge in [0, 0.05) is 23.8 Å². The SMILES string of the molecule is O=C(NCCO)c1ccc(NC2CC2)cc1. The van der Waals surface area contributed by atoms with Crippen molar-refractivity contribution in [2.75, 3.05) is 18.5 Å². The van der Waals surface area contributed by atoms with Crippen LogP contribution in [0.4, 0.5) is 5.69 Å². The Morgan fingerprint density at radius 3 is 2.56 bits per heavy atom. The van der Waals surface area contributed by atoms with Gasteiger partial charge >= 0.3 is 0 Å². The molecule has 2 rings (SSSR count). The Labute approximate surface area is 94.7 Å². The fourth-order valence-electron chi connectivity index (χ4n) is 1.45. The smallest absolute Gasteiger partial charge is 0.251 e. The van der Waals surface area contributed by atoms with E-state index in [0.29, 0.717) is 18.2 Å². The minimum absolute atomic E-state index is 0.0347. The van der Waals surface area contributed by atoms with Crippen molar-refractivity contribution in [2.45, 2.75) is 18.9 Å². The molecular weight excluding hydrogens is 204 g/mol. The molecule has 0 aromatic heterocycles. The Hall–Kier alpha value is -1.55. The molecule has 1 aromatic carbocycles. The normalized spacial score (nSPS) is 14.6. The molecule has 1 aliphatic carbocycles. The third-order valence-electron chi connectivity index (χ3n) is 2.49. The van der Waals surface area contributed by atoms with Crippen LogP contribution in [-0.4, -0.2) is 30.2 Å². The topological polar surface area (TPSA) is 61.4 Å². The van der Waals surface area contributed by atoms with Crippen LogP contribution in [0, 0.1) is 0 Å². The number of carbonyl (C=O) groups is 1. The van der Waals surface area contributed by atoms with E-state index in [1.54, 1.807) is 12.1 Å². The molecule has 1 amide bonds. The highest BCUT2D eigenvalue weighted by molar-refractivity contribution is 5.94. The van der Waals surface area contributed by atoms with Crippen molar-refractivity contribution < 1.29 is 9.90 Å². The Kier molecular flexibility index (Phi) is 3.41. The highest BCUT2D eigenvalue weighted by Gasteiger charge is 2.20. The van der Waals surface area contributed by atoms with E-state index in [0.717, 1.165) is 5.69 Å². The number of amides is 1. The van der Waals surface area contributed by atoms with E-state index in [2.05, 4.69) is 10.6 Å². The van der Waals surface area contributed by atoms with Gasteiger partial charge in [-0.1, -0.05) is 0 Å². The molecule has 1 aromatic rings. The maximum absolute atomic E-state index is 11.5. The van der Waals surface area contributed by atoms with Crippen molar-refractivity contribution in [3.05, 3.63) is 29.8 Å². The number of aliphatic hydroxyl groups is 1. The molecule has 1 saturated carbocycles. The van der Waals surface area contributed by atoms with Crippen molar-refractivity contribution >= 4 is 11.6 Å². The van der Waals surface area contributed by atoms with Gasteiger partial charge in [0.15, 0.2) is 0 Å². The van der Waals surface area contributed by atoms with Crippen LogP contribution in [-0.2, 0) is 0 Å². The summed E-state index contributed by atoms with van der Waals surface area (Å²) < 4.78 is 0. The molecule has 1 aliphatic rings. The quantitative estimate of drug-likeness (QED) is 0.693. The average Bonchev–Trinajstić information content (AvgIpc) is 3.11. The maximum Gasteiger partial charge on any atom is 0.251 e. The minimum atomic E-state index is -0.146. The average molecular weight is 220 g/mol. The van der Waals surface area contributed by atoms with Gasteiger partial charge in [-0.2, -0.15) is 0 Å². The highest BCUT2D eigenvalue weighted by atomic mass is 16.3. The van der Waals surface area contributed by atoms with E-state index in [1.165, 1.54) is 12.8 Å². The van der Waals surface area contributed by atoms with Gasteiger partial charge in [0.1, 0.15) is 0 Å². The largest absolute Gasteiger partial charge is 0.395 e. The van der Waals surface area contributed by atoms with Gasteiger partial charge in [0.05, 0.1) is 6.61 Å². The molecule has 0 atom stereocenters. The van der Waals surface area contributed by atoms with Crippen LogP contribution in [0.3, 0.4) is 0 Å². The summed E-state index contributed by atoms with van der Waals surface area (Å²) in [7, 11) is 0. The van der Waals surface area contributed by atoms with Crippen molar-refractivity contribution in [3.8, 4) is 0 Å². The number of hydrogen-bond donors (Lipinski definition) is 3. The first-order valence-corrected chi connectivity index (χ1v) is 5.55. The van der Waals surface area contributed by atoms with Gasteiger partial charge in [0.25, 0.3) is 5.91 Å². The van der Waals surface area contributed by atoms with E-state index < -0.39 is 0 Å². The molecule has 86 valence electrons. The first-order valence-electron chi connectivity index (χ1n) is 5.55. The first-order chi connectivity index (χ1) is 7.79. The number of benzene rings is 1. The number of hydrogen-bond acceptors (Lipinski definition) is 3. The summed E-state index contributed by atoms with van der Waals surface area (Å²) in [6.07, 6.45) is 2.47. The molecule has 16 heavy (non-hydrogen) atoms. The van der Waals surface area contributed by atoms with Crippen molar-refractivity contribution in [2.24, 2.45) is 0 Å². The van der Waals surface area contributed by atoms with Crippen LogP contribution in [0.1, 0.15) is 23.2 Å². The summed E-state index contributed by atoms with van der Waals surface area (Å²) in [5, 5.41) is 14.6. The van der Waals surface area contributed by atoms with Crippen LogP contribution in [0.5, 0.6) is 0 Å². The first kappa shape index (κ1) is 11.0. The van der Waals surface area contributed by atoms with E-state index >= 15 is 0 Å². The van der Waals surface area contributed by atoms with E-state index in [-0.39, 0.29) is 12.5 Å². The van der Waals surface area contributed by atoms with Crippen molar-refractivity contribution in [3.63, 3.8) is 0 Å². The van der Waals surface area contributed by atoms with Crippen LogP contribution in [0.25, 0.3) is 0 Å². The summed E-state index contributed by atoms with van der Waals surface area (Å²) >= 11 is 0. The van der Waals surface area contributed by atoms with Gasteiger partial charge < -0.3 is 15.7 Å². The third-order valence-corrected chi connectivity index (χ3v) is 2.49. The molecule has 3 N–H and O–H groups in total. The second-order valence-corrected chi connectivity index (χ2v) is 3.98. The molecule has 0 spiro atoms. The fraction of sp³-hybridized carbons (Fsp3) is 0.417. The number of rotatable bonds is 5. The lowest BCUT2D eigenvalue weighted by Gasteiger charge is -2.06. The Morgan fingerprint density at radius 1 is 1.31 bits per heavy atom. The van der Waals surface area contributed by atoms with Gasteiger partial charge in [-0.15, -0.1) is 0 Å². The summed E-state index contributed by atoms with van der Waals surface area (Å²) in [4.78, 5) is 11.5. The molecule has 1 fully saturated rings. The molecule has 0 radical (unpaired) electrons. The van der Waals surface area contributed by atoms with Gasteiger partial charge in [0.2, 0.25) is 0 Å². The number of carbonyl (C=O) groups excluding carboxylic acids is 1. The zero-order chi connectivity index (χ0) is 11.4. The van der Waals surface area contributed by atoms with Crippen molar-refractivity contribution in [1.82, 2.24) is 5.32 Å². The van der Waals surface area contributed by atoms with Crippen molar-refractivity contribution in [1.29, 1.82) is 0 Å². The second-order valence-electron chi connectivity index (χ2n) is 3.98. The molecule has 0 bridgehead atoms. The minimum Gasteiger partial charge on any atom is -0.395 e. The molecule has 0 unspecified atom stereocenters. The fourth-order valence-corrected chi connectivity index (χ4v) is 1.45. The lowest BCUT2D eigenvalue weighted by molar-refractivity contribution is 0.0945. The standard InChI is InChI=1S/C12H16N2O2/c15-8-7-13-12(16)9-1-3-10(4-2-9)14-11-5-6-11/h1-4,11,14-15H,5-8H2,(H,13,16). The lowest BCUT2D eigenvalue weighted by atomic mass is 10.2. The Balaban J connectivity index is 1.92. The van der Waals surface area contributed by atoms with E-state index in [9.17, 15) is 4.79 Å². The summed E-state index contributed by atoms with van der Waals surface area (Å²) in [5.41, 5.74) is 1.68. The molecule has 4 heteroatoms. The lowest BCUT2D eigenvalue weighted by Crippen LogP contribution is -2.26. The van der Waals surface area contributed by atoms with Crippen LogP contribution >= 0.6 is 0 Å². The second kappa shape index (κ2) is 4.99. The van der Waals surface area contributed by atoms with Crippen LogP contribution < -0.4 is 10.6 Å². The van der Waals surface area contributed by atoms with Crippen LogP contribution in [0.15, 0.2) is 24.3 Å². The molecule has 4 nitrogen and oxygen atoms in total. The summed E-state index contributed by atoms with van der Waals surface area (Å²) in [6, 6.07) is 8.02. The van der Waals surface area contributed by atoms with Gasteiger partial charge in [-0.25, -0.2) is 0 Å². The highest BCUT2D eigenvalue weighted by Crippen LogP contribution is 2.24. The molecular formula is C12H16N2O2. The summed E-state index contributed by atoms with van der Waals surface area (Å²) in [6.45, 7) is 0.258. The number of anilines is 1. The van der Waals surface area contributed by atoms with E-state index in [4.69, 9.17) is 5.11 Å². The number of aliphatic hydroxyl groups excluding tert-OH is 1. The predicted molar refractivity (Wildman–Crippen MR) is 62.5 cm³/mol. The summed E-state index contributed by atoms with van der Waals surface area (Å²) in [5.74, 6) is -0.146. The van der Waals surface area contributed by atoms with Gasteiger partial charge in [-0.05, 0) is 37.1 Å². The maximum atomic E-state index is 11.5. The predicted octanol–water partition coefficient (Wildman–Crippen LogP) is 0.983. The van der Waals surface area contributed by atoms with E-state index in [1.807, 2.05) is 12.1 Å². The van der Waals surface area contributed by atoms with Gasteiger partial charge in [-0.3, -0.25) is 4.79 Å². The molecule has 0 aliphatic heterocycles. The zero-order valence-electron chi connectivity index (χ0n) is 9.07. The third kappa shape index (κ3) is 2.97. The Bertz CT molecular complexity index is 358. The monoisotopic (exact) mass is 220 g/mol. The number of nitrogens with one attached hydrogen (secondary N) is 2. The van der Waals surface area contributed by atoms with Crippen LogP contribution in [0.2, 0.25) is 0 Å². The molecule has 0 heterocycles. The Morgan fingerprint density at radius 2 is 2.00 bits per heavy atom. The zero-order valence-corrected chi connectivity index (χ0v) is 9.07. The molecule has 0 saturated heterocycles.